The minimum Gasteiger partial charge on any atom is -0.460 e. The van der Waals surface area contributed by atoms with Gasteiger partial charge in [-0.2, -0.15) is 0 Å². The van der Waals surface area contributed by atoms with Crippen molar-refractivity contribution in [1.29, 1.82) is 0 Å². The van der Waals surface area contributed by atoms with Gasteiger partial charge < -0.3 is 14.6 Å². The monoisotopic (exact) mass is 422 g/mol. The van der Waals surface area contributed by atoms with Crippen molar-refractivity contribution in [1.82, 2.24) is 0 Å². The first kappa shape index (κ1) is 24.0. The molecule has 166 valence electrons. The Hall–Kier alpha value is -2.28. The molecule has 1 N–H and O–H groups in total. The fourth-order valence-electron chi connectivity index (χ4n) is 3.83. The number of aliphatic hydroxyl groups is 1. The fourth-order valence-corrected chi connectivity index (χ4v) is 3.83. The first-order chi connectivity index (χ1) is 13.5. The summed E-state index contributed by atoms with van der Waals surface area (Å²) in [6, 6.07) is 5.18. The third-order valence-corrected chi connectivity index (χ3v) is 4.84. The van der Waals surface area contributed by atoms with Crippen molar-refractivity contribution < 1.29 is 33.4 Å². The zero-order valence-corrected chi connectivity index (χ0v) is 18.6. The molecule has 30 heavy (non-hydrogen) atoms. The maximum Gasteiger partial charge on any atom is 0.317 e. The molecule has 1 aromatic rings. The highest BCUT2D eigenvalue weighted by atomic mass is 19.1. The highest BCUT2D eigenvalue weighted by Crippen LogP contribution is 2.47. The summed E-state index contributed by atoms with van der Waals surface area (Å²) < 4.78 is 24.5. The van der Waals surface area contributed by atoms with Crippen LogP contribution in [0.1, 0.15) is 66.4 Å². The summed E-state index contributed by atoms with van der Waals surface area (Å²) in [4.78, 5) is 39.1. The van der Waals surface area contributed by atoms with E-state index in [2.05, 4.69) is 0 Å². The van der Waals surface area contributed by atoms with E-state index in [0.29, 0.717) is 5.56 Å². The van der Waals surface area contributed by atoms with E-state index in [1.807, 2.05) is 0 Å². The van der Waals surface area contributed by atoms with Gasteiger partial charge in [-0.25, -0.2) is 4.39 Å². The zero-order valence-electron chi connectivity index (χ0n) is 18.6. The Morgan fingerprint density at radius 1 is 1.00 bits per heavy atom. The molecule has 1 aromatic carbocycles. The number of ether oxygens (including phenoxy) is 2. The van der Waals surface area contributed by atoms with Crippen LogP contribution in [0.15, 0.2) is 24.3 Å². The Morgan fingerprint density at radius 3 is 1.93 bits per heavy atom. The van der Waals surface area contributed by atoms with E-state index >= 15 is 0 Å². The van der Waals surface area contributed by atoms with Crippen molar-refractivity contribution in [3.8, 4) is 0 Å². The molecule has 1 fully saturated rings. The van der Waals surface area contributed by atoms with Gasteiger partial charge in [-0.05, 0) is 66.2 Å². The molecule has 0 aliphatic heterocycles. The minimum absolute atomic E-state index is 0.372. The second-order valence-electron chi connectivity index (χ2n) is 10.1. The molecule has 0 spiro atoms. The predicted molar refractivity (Wildman–Crippen MR) is 108 cm³/mol. The van der Waals surface area contributed by atoms with Crippen molar-refractivity contribution >= 4 is 17.7 Å². The number of hydrogen-bond acceptors (Lipinski definition) is 6. The van der Waals surface area contributed by atoms with Gasteiger partial charge in [0.2, 0.25) is 0 Å². The Morgan fingerprint density at radius 2 is 1.47 bits per heavy atom. The molecule has 1 saturated carbocycles. The molecule has 0 saturated heterocycles. The van der Waals surface area contributed by atoms with Crippen molar-refractivity contribution in [3.63, 3.8) is 0 Å². The number of carbonyl (C=O) groups is 3. The smallest absolute Gasteiger partial charge is 0.317 e. The first-order valence-electron chi connectivity index (χ1n) is 9.98. The quantitative estimate of drug-likeness (QED) is 0.592. The number of halogens is 1. The first-order valence-corrected chi connectivity index (χ1v) is 9.98. The third-order valence-electron chi connectivity index (χ3n) is 4.84. The molecule has 0 radical (unpaired) electrons. The molecule has 0 heterocycles. The van der Waals surface area contributed by atoms with Crippen LogP contribution in [0, 0.1) is 17.7 Å². The van der Waals surface area contributed by atoms with Gasteiger partial charge in [0.05, 0.1) is 11.5 Å². The van der Waals surface area contributed by atoms with E-state index in [1.54, 1.807) is 41.5 Å². The molecule has 0 unspecified atom stereocenters. The largest absolute Gasteiger partial charge is 0.460 e. The summed E-state index contributed by atoms with van der Waals surface area (Å²) in [5, 5.41) is 11.0. The molecule has 1 aliphatic carbocycles. The second-order valence-corrected chi connectivity index (χ2v) is 10.1. The lowest BCUT2D eigenvalue weighted by Gasteiger charge is -2.44. The number of Topliss-reactive ketones (excluding diaryl/α,β-unsaturated/α-hetero) is 1. The molecule has 7 heteroatoms. The average Bonchev–Trinajstić information content (AvgIpc) is 2.50. The average molecular weight is 422 g/mol. The summed E-state index contributed by atoms with van der Waals surface area (Å²) >= 11 is 0. The molecule has 1 aliphatic rings. The number of rotatable bonds is 3. The van der Waals surface area contributed by atoms with Crippen LogP contribution in [0.2, 0.25) is 0 Å². The summed E-state index contributed by atoms with van der Waals surface area (Å²) in [6.07, 6.45) is -0.404. The number of hydrogen-bond donors (Lipinski definition) is 1. The summed E-state index contributed by atoms with van der Waals surface area (Å²) in [6.45, 7) is 11.5. The van der Waals surface area contributed by atoms with Crippen LogP contribution in [0.5, 0.6) is 0 Å². The predicted octanol–water partition coefficient (Wildman–Crippen LogP) is 3.55. The highest BCUT2D eigenvalue weighted by molar-refractivity contribution is 6.03. The maximum absolute atomic E-state index is 13.5. The van der Waals surface area contributed by atoms with Crippen molar-refractivity contribution in [2.45, 2.75) is 77.6 Å². The lowest BCUT2D eigenvalue weighted by Crippen LogP contribution is -2.56. The topological polar surface area (TPSA) is 89.9 Å². The summed E-state index contributed by atoms with van der Waals surface area (Å²) in [7, 11) is 0. The van der Waals surface area contributed by atoms with E-state index in [4.69, 9.17) is 9.47 Å². The van der Waals surface area contributed by atoms with Gasteiger partial charge >= 0.3 is 11.9 Å². The van der Waals surface area contributed by atoms with E-state index in [0.717, 1.165) is 0 Å². The van der Waals surface area contributed by atoms with Gasteiger partial charge in [-0.1, -0.05) is 12.1 Å². The number of esters is 2. The number of carbonyl (C=O) groups excluding carboxylic acids is 3. The Kier molecular flexibility index (Phi) is 6.48. The Labute approximate surface area is 176 Å². The fraction of sp³-hybridized carbons (Fsp3) is 0.609. The zero-order chi connectivity index (χ0) is 23.1. The molecule has 2 rings (SSSR count). The van der Waals surface area contributed by atoms with E-state index in [-0.39, 0.29) is 0 Å². The number of benzene rings is 1. The van der Waals surface area contributed by atoms with E-state index in [9.17, 15) is 23.9 Å². The van der Waals surface area contributed by atoms with Crippen LogP contribution in [0.3, 0.4) is 0 Å². The third kappa shape index (κ3) is 5.65. The van der Waals surface area contributed by atoms with Gasteiger partial charge in [0.25, 0.3) is 0 Å². The van der Waals surface area contributed by atoms with Crippen LogP contribution in [0.4, 0.5) is 4.39 Å². The number of ketones is 1. The van der Waals surface area contributed by atoms with Gasteiger partial charge in [0.1, 0.15) is 22.9 Å². The minimum atomic E-state index is -1.75. The molecule has 0 amide bonds. The summed E-state index contributed by atoms with van der Waals surface area (Å²) in [5.74, 6) is -6.18. The van der Waals surface area contributed by atoms with E-state index < -0.39 is 64.5 Å². The Bertz CT molecular complexity index is 814. The van der Waals surface area contributed by atoms with E-state index in [1.165, 1.54) is 31.2 Å². The van der Waals surface area contributed by atoms with Crippen molar-refractivity contribution in [2.75, 3.05) is 0 Å². The molecule has 0 bridgehead atoms. The summed E-state index contributed by atoms with van der Waals surface area (Å²) in [5.41, 5.74) is -3.08. The second kappa shape index (κ2) is 8.10. The molecule has 0 aromatic heterocycles. The highest BCUT2D eigenvalue weighted by Gasteiger charge is 2.57. The molecule has 6 nitrogen and oxygen atoms in total. The van der Waals surface area contributed by atoms with Crippen molar-refractivity contribution in [3.05, 3.63) is 35.6 Å². The van der Waals surface area contributed by atoms with Gasteiger partial charge in [0, 0.05) is 12.3 Å². The van der Waals surface area contributed by atoms with Gasteiger partial charge in [-0.3, -0.25) is 14.4 Å². The van der Waals surface area contributed by atoms with Crippen LogP contribution in [-0.2, 0) is 23.9 Å². The SMILES string of the molecule is CC(C)(C)OC(=O)[C@@H]1C(=O)C[C@](C)(O)[C@@H](C(=O)OC(C)(C)C)[C@@H]1c1ccc(F)cc1. The van der Waals surface area contributed by atoms with Crippen LogP contribution in [-0.4, -0.2) is 39.6 Å². The molecule has 4 atom stereocenters. The lowest BCUT2D eigenvalue weighted by atomic mass is 9.61. The van der Waals surface area contributed by atoms with Crippen LogP contribution in [0.25, 0.3) is 0 Å². The lowest BCUT2D eigenvalue weighted by molar-refractivity contribution is -0.182. The van der Waals surface area contributed by atoms with Crippen molar-refractivity contribution in [2.24, 2.45) is 11.8 Å². The van der Waals surface area contributed by atoms with Crippen LogP contribution >= 0.6 is 0 Å². The van der Waals surface area contributed by atoms with Crippen LogP contribution < -0.4 is 0 Å². The Balaban J connectivity index is 2.62. The normalized spacial score (nSPS) is 27.5. The van der Waals surface area contributed by atoms with Gasteiger partial charge in [-0.15, -0.1) is 0 Å². The van der Waals surface area contributed by atoms with Gasteiger partial charge in [0.15, 0.2) is 5.78 Å². The molecular weight excluding hydrogens is 391 g/mol. The molecular formula is C23H31FO6. The standard InChI is InChI=1S/C23H31FO6/c1-21(2,3)29-19(26)17-15(25)12-23(7,28)18(20(27)30-22(4,5)6)16(17)13-8-10-14(24)11-9-13/h8-11,16-18,28H,12H2,1-7H3/t16-,17-,18-,23+/m1/s1. The maximum atomic E-state index is 13.5.